The normalized spacial score (nSPS) is 29.0. The fourth-order valence-electron chi connectivity index (χ4n) is 2.21. The Balaban J connectivity index is 2.03. The summed E-state index contributed by atoms with van der Waals surface area (Å²) >= 11 is 0. The number of hydrogen-bond donors (Lipinski definition) is 2. The minimum atomic E-state index is -0.0717. The van der Waals surface area contributed by atoms with Crippen molar-refractivity contribution in [3.63, 3.8) is 0 Å². The highest BCUT2D eigenvalue weighted by molar-refractivity contribution is 5.01. The number of nitrogens with zero attached hydrogens (tertiary/aromatic N) is 2. The molecule has 3 N–H and O–H groups in total. The number of aromatic amines is 1. The first-order valence-electron chi connectivity index (χ1n) is 5.84. The predicted molar refractivity (Wildman–Crippen MR) is 59.4 cm³/mol. The molecule has 15 heavy (non-hydrogen) atoms. The van der Waals surface area contributed by atoms with Gasteiger partial charge in [-0.05, 0) is 25.7 Å². The van der Waals surface area contributed by atoms with Crippen molar-refractivity contribution in [3.8, 4) is 0 Å². The maximum Gasteiger partial charge on any atom is 0.167 e. The van der Waals surface area contributed by atoms with Crippen molar-refractivity contribution < 1.29 is 0 Å². The van der Waals surface area contributed by atoms with Crippen LogP contribution in [0, 0.1) is 5.92 Å². The minimum Gasteiger partial charge on any atom is -0.321 e. The molecule has 84 valence electrons. The lowest BCUT2D eigenvalue weighted by atomic mass is 9.83. The summed E-state index contributed by atoms with van der Waals surface area (Å²) in [7, 11) is 0. The van der Waals surface area contributed by atoms with E-state index in [1.54, 1.807) is 0 Å². The second kappa shape index (κ2) is 4.31. The van der Waals surface area contributed by atoms with E-state index in [1.165, 1.54) is 25.7 Å². The summed E-state index contributed by atoms with van der Waals surface area (Å²) in [5, 5.41) is 7.18. The third-order valence-corrected chi connectivity index (χ3v) is 3.33. The molecule has 0 aliphatic heterocycles. The number of hydrogen-bond acceptors (Lipinski definition) is 3. The van der Waals surface area contributed by atoms with Crippen molar-refractivity contribution >= 4 is 0 Å². The molecule has 1 atom stereocenters. The minimum absolute atomic E-state index is 0.0717. The monoisotopic (exact) mass is 208 g/mol. The first-order valence-corrected chi connectivity index (χ1v) is 5.84. The summed E-state index contributed by atoms with van der Waals surface area (Å²) in [5.41, 5.74) is 5.73. The van der Waals surface area contributed by atoms with Gasteiger partial charge >= 0.3 is 0 Å². The standard InChI is InChI=1S/C11H20N4/c1-7-3-5-9(6-4-7)11-13-10(8(2)12)14-15-11/h7-9H,3-6,12H2,1-2H3,(H,13,14,15). The number of H-pyrrole nitrogens is 1. The zero-order chi connectivity index (χ0) is 10.8. The lowest BCUT2D eigenvalue weighted by Crippen LogP contribution is -2.12. The van der Waals surface area contributed by atoms with Gasteiger partial charge in [-0.2, -0.15) is 5.10 Å². The van der Waals surface area contributed by atoms with Crippen LogP contribution in [-0.2, 0) is 0 Å². The van der Waals surface area contributed by atoms with Gasteiger partial charge < -0.3 is 5.73 Å². The summed E-state index contributed by atoms with van der Waals surface area (Å²) in [6.45, 7) is 4.24. The van der Waals surface area contributed by atoms with Crippen LogP contribution in [-0.4, -0.2) is 15.2 Å². The number of aromatic nitrogens is 3. The zero-order valence-electron chi connectivity index (χ0n) is 9.53. The lowest BCUT2D eigenvalue weighted by molar-refractivity contribution is 0.340. The Morgan fingerprint density at radius 1 is 1.33 bits per heavy atom. The van der Waals surface area contributed by atoms with Crippen molar-refractivity contribution in [2.45, 2.75) is 51.5 Å². The molecule has 1 saturated carbocycles. The molecule has 1 fully saturated rings. The van der Waals surface area contributed by atoms with Gasteiger partial charge in [-0.3, -0.25) is 5.10 Å². The largest absolute Gasteiger partial charge is 0.321 e. The van der Waals surface area contributed by atoms with Crippen molar-refractivity contribution in [2.24, 2.45) is 11.7 Å². The van der Waals surface area contributed by atoms with Crippen LogP contribution >= 0.6 is 0 Å². The highest BCUT2D eigenvalue weighted by Crippen LogP contribution is 2.33. The van der Waals surface area contributed by atoms with Crippen molar-refractivity contribution in [3.05, 3.63) is 11.6 Å². The molecule has 4 nitrogen and oxygen atoms in total. The van der Waals surface area contributed by atoms with E-state index >= 15 is 0 Å². The molecule has 0 spiro atoms. The van der Waals surface area contributed by atoms with Crippen LogP contribution in [0.1, 0.15) is 63.1 Å². The molecule has 1 aliphatic rings. The van der Waals surface area contributed by atoms with Gasteiger partial charge in [-0.15, -0.1) is 0 Å². The molecule has 0 radical (unpaired) electrons. The number of nitrogens with two attached hydrogens (primary N) is 1. The molecule has 0 bridgehead atoms. The van der Waals surface area contributed by atoms with Crippen molar-refractivity contribution in [1.82, 2.24) is 15.2 Å². The molecule has 1 aromatic rings. The molecule has 0 amide bonds. The first-order chi connectivity index (χ1) is 7.16. The Bertz CT molecular complexity index is 310. The Hall–Kier alpha value is -0.900. The van der Waals surface area contributed by atoms with Gasteiger partial charge in [0.2, 0.25) is 0 Å². The van der Waals surface area contributed by atoms with E-state index in [-0.39, 0.29) is 6.04 Å². The fraction of sp³-hybridized carbons (Fsp3) is 0.818. The van der Waals surface area contributed by atoms with Gasteiger partial charge in [0.15, 0.2) is 5.82 Å². The van der Waals surface area contributed by atoms with Gasteiger partial charge in [0.25, 0.3) is 0 Å². The average molecular weight is 208 g/mol. The van der Waals surface area contributed by atoms with Gasteiger partial charge in [-0.1, -0.05) is 19.8 Å². The second-order valence-corrected chi connectivity index (χ2v) is 4.82. The molecular formula is C11H20N4. The van der Waals surface area contributed by atoms with Crippen LogP contribution in [0.5, 0.6) is 0 Å². The van der Waals surface area contributed by atoms with E-state index < -0.39 is 0 Å². The summed E-state index contributed by atoms with van der Waals surface area (Å²) in [6, 6.07) is -0.0717. The van der Waals surface area contributed by atoms with Crippen LogP contribution in [0.2, 0.25) is 0 Å². The van der Waals surface area contributed by atoms with E-state index in [1.807, 2.05) is 6.92 Å². The van der Waals surface area contributed by atoms with Crippen LogP contribution in [0.25, 0.3) is 0 Å². The molecule has 2 rings (SSSR count). The molecule has 0 saturated heterocycles. The van der Waals surface area contributed by atoms with Crippen LogP contribution < -0.4 is 5.73 Å². The second-order valence-electron chi connectivity index (χ2n) is 4.82. The Morgan fingerprint density at radius 3 is 2.53 bits per heavy atom. The zero-order valence-corrected chi connectivity index (χ0v) is 9.53. The third kappa shape index (κ3) is 2.37. The maximum atomic E-state index is 5.73. The highest BCUT2D eigenvalue weighted by Gasteiger charge is 2.22. The van der Waals surface area contributed by atoms with E-state index in [0.29, 0.717) is 5.92 Å². The molecule has 1 aromatic heterocycles. The SMILES string of the molecule is CC1CCC(c2nc(C(C)N)n[nH]2)CC1. The summed E-state index contributed by atoms with van der Waals surface area (Å²) < 4.78 is 0. The molecule has 1 heterocycles. The van der Waals surface area contributed by atoms with Gasteiger partial charge in [0, 0.05) is 5.92 Å². The summed E-state index contributed by atoms with van der Waals surface area (Å²) in [6.07, 6.45) is 5.07. The fourth-order valence-corrected chi connectivity index (χ4v) is 2.21. The smallest absolute Gasteiger partial charge is 0.167 e. The Morgan fingerprint density at radius 2 is 2.00 bits per heavy atom. The van der Waals surface area contributed by atoms with Crippen LogP contribution in [0.4, 0.5) is 0 Å². The summed E-state index contributed by atoms with van der Waals surface area (Å²) in [5.74, 6) is 3.22. The number of rotatable bonds is 2. The Labute approximate surface area is 90.7 Å². The van der Waals surface area contributed by atoms with Crippen molar-refractivity contribution in [1.29, 1.82) is 0 Å². The Kier molecular flexibility index (Phi) is 3.05. The van der Waals surface area contributed by atoms with E-state index in [0.717, 1.165) is 17.6 Å². The molecule has 0 aromatic carbocycles. The molecule has 1 aliphatic carbocycles. The highest BCUT2D eigenvalue weighted by atomic mass is 15.2. The first kappa shape index (κ1) is 10.6. The predicted octanol–water partition coefficient (Wildman–Crippen LogP) is 2.12. The number of nitrogens with one attached hydrogen (secondary N) is 1. The molecule has 4 heteroatoms. The topological polar surface area (TPSA) is 67.6 Å². The lowest BCUT2D eigenvalue weighted by Gasteiger charge is -2.24. The van der Waals surface area contributed by atoms with Crippen molar-refractivity contribution in [2.75, 3.05) is 0 Å². The van der Waals surface area contributed by atoms with Gasteiger partial charge in [0.1, 0.15) is 5.82 Å². The quantitative estimate of drug-likeness (QED) is 0.782. The third-order valence-electron chi connectivity index (χ3n) is 3.33. The van der Waals surface area contributed by atoms with Crippen LogP contribution in [0.15, 0.2) is 0 Å². The molecule has 1 unspecified atom stereocenters. The molecular weight excluding hydrogens is 188 g/mol. The van der Waals surface area contributed by atoms with Gasteiger partial charge in [-0.25, -0.2) is 4.98 Å². The average Bonchev–Trinajstić information content (AvgIpc) is 2.68. The van der Waals surface area contributed by atoms with E-state index in [2.05, 4.69) is 22.1 Å². The van der Waals surface area contributed by atoms with Gasteiger partial charge in [0.05, 0.1) is 6.04 Å². The van der Waals surface area contributed by atoms with E-state index in [4.69, 9.17) is 5.73 Å². The van der Waals surface area contributed by atoms with E-state index in [9.17, 15) is 0 Å². The summed E-state index contributed by atoms with van der Waals surface area (Å²) in [4.78, 5) is 4.47. The van der Waals surface area contributed by atoms with Crippen LogP contribution in [0.3, 0.4) is 0 Å². The maximum absolute atomic E-state index is 5.73.